The zero-order valence-corrected chi connectivity index (χ0v) is 30.1. The van der Waals surface area contributed by atoms with Gasteiger partial charge in [0.2, 0.25) is 17.2 Å². The Labute approximate surface area is 308 Å². The Morgan fingerprint density at radius 2 is 1.84 bits per heavy atom. The Kier molecular flexibility index (Phi) is 11.3. The molecule has 0 saturated carbocycles. The second-order valence-electron chi connectivity index (χ2n) is 12.3. The number of phenolic OH excluding ortho intramolecular Hbond substituents is 1. The molecule has 51 heavy (non-hydrogen) atoms. The first-order chi connectivity index (χ1) is 24.5. The first-order valence-electron chi connectivity index (χ1n) is 16.3. The van der Waals surface area contributed by atoms with Crippen LogP contribution in [-0.4, -0.2) is 74.6 Å². The lowest BCUT2D eigenvalue weighted by atomic mass is 9.99. The molecule has 16 heteroatoms. The van der Waals surface area contributed by atoms with E-state index in [0.717, 1.165) is 36.8 Å². The van der Waals surface area contributed by atoms with E-state index in [1.807, 2.05) is 34.4 Å². The van der Waals surface area contributed by atoms with Gasteiger partial charge in [-0.15, -0.1) is 0 Å². The molecule has 4 aliphatic rings. The zero-order valence-electron chi connectivity index (χ0n) is 27.1. The van der Waals surface area contributed by atoms with Crippen LogP contribution in [0.2, 0.25) is 0 Å². The molecule has 3 heterocycles. The normalized spacial score (nSPS) is 18.5. The number of benzene rings is 3. The predicted octanol–water partition coefficient (Wildman–Crippen LogP) is 2.83. The molecule has 2 fully saturated rings. The molecule has 0 spiro atoms. The molecule has 2 aromatic rings. The van der Waals surface area contributed by atoms with Crippen molar-refractivity contribution in [3.05, 3.63) is 75.4 Å². The highest BCUT2D eigenvalue weighted by Crippen LogP contribution is 2.44. The van der Waals surface area contributed by atoms with Gasteiger partial charge in [0, 0.05) is 45.6 Å². The monoisotopic (exact) mass is 840 g/mol. The molecule has 2 saturated heterocycles. The lowest BCUT2D eigenvalue weighted by Gasteiger charge is -2.19. The summed E-state index contributed by atoms with van der Waals surface area (Å²) in [7, 11) is 0. The molecule has 3 atom stereocenters. The van der Waals surface area contributed by atoms with Gasteiger partial charge >= 0.3 is 11.9 Å². The molecular weight excluding hydrogens is 805 g/mol. The van der Waals surface area contributed by atoms with E-state index < -0.39 is 22.8 Å². The highest BCUT2D eigenvalue weighted by molar-refractivity contribution is 14.1. The van der Waals surface area contributed by atoms with Crippen molar-refractivity contribution in [2.45, 2.75) is 49.6 Å². The minimum absolute atomic E-state index is 0.0466. The number of aromatic hydroxyl groups is 1. The number of carbonyl (C=O) groups is 3. The van der Waals surface area contributed by atoms with Crippen LogP contribution >= 0.6 is 34.4 Å². The van der Waals surface area contributed by atoms with E-state index in [9.17, 15) is 33.8 Å². The Morgan fingerprint density at radius 1 is 1.04 bits per heavy atom. The van der Waals surface area contributed by atoms with Gasteiger partial charge in [0.1, 0.15) is 11.3 Å². The molecule has 268 valence electrons. The average Bonchev–Trinajstić information content (AvgIpc) is 3.67. The van der Waals surface area contributed by atoms with Crippen molar-refractivity contribution < 1.29 is 42.8 Å². The third-order valence-corrected chi connectivity index (χ3v) is 11.1. The molecule has 2 aromatic carbocycles. The summed E-state index contributed by atoms with van der Waals surface area (Å²) >= 11 is 3.69. The van der Waals surface area contributed by atoms with Gasteiger partial charge in [-0.3, -0.25) is 14.4 Å². The molecule has 0 unspecified atom stereocenters. The quantitative estimate of drug-likeness (QED) is 0.0204. The Morgan fingerprint density at radius 3 is 2.65 bits per heavy atom. The summed E-state index contributed by atoms with van der Waals surface area (Å²) in [5, 5.41) is 33.6. The fourth-order valence-corrected chi connectivity index (χ4v) is 8.30. The van der Waals surface area contributed by atoms with Crippen molar-refractivity contribution in [3.63, 3.8) is 0 Å². The number of aliphatic hydroxyl groups is 1. The highest BCUT2D eigenvalue weighted by Gasteiger charge is 2.42. The number of hydrogen-bond donors (Lipinski definition) is 7. The van der Waals surface area contributed by atoms with E-state index in [0.29, 0.717) is 23.7 Å². The van der Waals surface area contributed by atoms with Gasteiger partial charge < -0.3 is 35.9 Å². The number of nitrogens with one attached hydrogen (secondary N) is 5. The van der Waals surface area contributed by atoms with Gasteiger partial charge in [-0.2, -0.15) is 11.8 Å². The highest BCUT2D eigenvalue weighted by atomic mass is 127. The maximum absolute atomic E-state index is 15.3. The summed E-state index contributed by atoms with van der Waals surface area (Å²) in [6, 6.07) is 9.64. The summed E-state index contributed by atoms with van der Waals surface area (Å²) in [5.74, 6) is -2.82. The lowest BCUT2D eigenvalue weighted by molar-refractivity contribution is -0.463. The molecule has 12 nitrogen and oxygen atoms in total. The lowest BCUT2D eigenvalue weighted by Crippen LogP contribution is -2.75. The number of alkyl halides is 1. The van der Waals surface area contributed by atoms with E-state index in [-0.39, 0.29) is 98.9 Å². The van der Waals surface area contributed by atoms with E-state index in [1.165, 1.54) is 0 Å². The summed E-state index contributed by atoms with van der Waals surface area (Å²) in [4.78, 5) is 51.3. The first-order valence-corrected chi connectivity index (χ1v) is 18.9. The van der Waals surface area contributed by atoms with Crippen LogP contribution in [0.25, 0.3) is 33.4 Å². The average molecular weight is 841 g/mol. The summed E-state index contributed by atoms with van der Waals surface area (Å²) in [6.07, 6.45) is 2.79. The van der Waals surface area contributed by atoms with Gasteiger partial charge in [-0.25, -0.2) is 18.6 Å². The second-order valence-corrected chi connectivity index (χ2v) is 14.3. The van der Waals surface area contributed by atoms with Crippen molar-refractivity contribution in [2.24, 2.45) is 0 Å². The molecule has 0 bridgehead atoms. The van der Waals surface area contributed by atoms with Crippen molar-refractivity contribution in [1.82, 2.24) is 21.3 Å². The number of unbranched alkanes of at least 4 members (excludes halogenated alkanes) is 1. The van der Waals surface area contributed by atoms with E-state index in [1.54, 1.807) is 24.3 Å². The minimum Gasteiger partial charge on any atom is -0.504 e. The maximum Gasteiger partial charge on any atom is 0.366 e. The number of aliphatic hydroxyl groups excluding tert-OH is 1. The second kappa shape index (κ2) is 15.8. The van der Waals surface area contributed by atoms with Crippen LogP contribution in [-0.2, 0) is 16.1 Å². The topological polar surface area (TPSA) is 184 Å². The van der Waals surface area contributed by atoms with Crippen LogP contribution in [0.15, 0.2) is 51.7 Å². The van der Waals surface area contributed by atoms with Gasteiger partial charge in [0.05, 0.1) is 40.7 Å². The van der Waals surface area contributed by atoms with Gasteiger partial charge in [0.25, 0.3) is 0 Å². The number of fused-ring (bicyclic) bond motifs is 3. The van der Waals surface area contributed by atoms with Gasteiger partial charge in [-0.1, -0.05) is 47.2 Å². The van der Waals surface area contributed by atoms with Crippen LogP contribution in [0.1, 0.15) is 36.8 Å². The zero-order chi connectivity index (χ0) is 36.2. The summed E-state index contributed by atoms with van der Waals surface area (Å²) in [5.41, 5.74) is -0.198. The molecule has 4 amide bonds. The molecule has 6 rings (SSSR count). The van der Waals surface area contributed by atoms with Crippen LogP contribution in [0.4, 0.5) is 13.6 Å². The van der Waals surface area contributed by atoms with Crippen molar-refractivity contribution in [1.29, 1.82) is 0 Å². The molecular formula is C35H35F2IN5O7S+. The maximum atomic E-state index is 15.3. The summed E-state index contributed by atoms with van der Waals surface area (Å²) in [6.45, 7) is 0.0601. The number of halogens is 3. The van der Waals surface area contributed by atoms with Crippen molar-refractivity contribution in [3.8, 4) is 28.2 Å². The molecule has 0 radical (unpaired) electrons. The number of urea groups is 1. The van der Waals surface area contributed by atoms with Crippen LogP contribution < -0.4 is 31.7 Å². The first kappa shape index (κ1) is 36.3. The number of thioether (sulfide) groups is 1. The third kappa shape index (κ3) is 7.90. The standard InChI is InChI=1S/C35H34F2IN5O7S/c36-22-11-19-26(13-25(22)44)50-33-20(12-23(37)32(47)21(33)15-41-29(46)14-38)30(19)17-5-1-2-6-18(17)34(48)40-10-9-39-28(45)8-4-3-7-27-31-24(16-51-27)42-35(49)43-31/h1-2,5-6,11-13,24,27,31,47H,3-4,7-10,14-16H2,(H,39,45)(H,40,48)(H,41,46)(H2,42,43,49)/p+1/t24-,27-,31-/m0/s1/i1+1,2+1,5+1,6+1,17+1,18+1. The van der Waals surface area contributed by atoms with Gasteiger partial charge in [-0.05, 0) is 31.0 Å². The smallest absolute Gasteiger partial charge is 0.366 e. The number of phenols is 1. The van der Waals surface area contributed by atoms with Crippen molar-refractivity contribution in [2.75, 3.05) is 23.3 Å². The minimum atomic E-state index is -1.07. The van der Waals surface area contributed by atoms with E-state index in [4.69, 9.17) is 4.42 Å². The van der Waals surface area contributed by atoms with E-state index in [2.05, 4.69) is 26.3 Å². The predicted molar refractivity (Wildman–Crippen MR) is 196 cm³/mol. The Bertz CT molecular complexity index is 2060. The third-order valence-electron chi connectivity index (χ3n) is 8.94. The van der Waals surface area contributed by atoms with Crippen molar-refractivity contribution >= 4 is 69.1 Å². The summed E-state index contributed by atoms with van der Waals surface area (Å²) < 4.78 is 36.1. The number of hydrogen-bond acceptors (Lipinski definition) is 7. The number of carbonyl (C=O) groups excluding carboxylic acids is 3. The Balaban J connectivity index is 1.20. The Hall–Kier alpha value is -4.45. The van der Waals surface area contributed by atoms with E-state index >= 15 is 4.39 Å². The van der Waals surface area contributed by atoms with Crippen LogP contribution in [0, 0.1) is 11.6 Å². The fourth-order valence-electron chi connectivity index (χ4n) is 6.48. The van der Waals surface area contributed by atoms with Crippen LogP contribution in [0.3, 0.4) is 0 Å². The number of amides is 4. The fraction of sp³-hybridized carbons (Fsp3) is 0.343. The molecule has 7 N–H and O–H groups in total. The van der Waals surface area contributed by atoms with Crippen LogP contribution in [0.5, 0.6) is 5.75 Å². The van der Waals surface area contributed by atoms with Gasteiger partial charge in [0.15, 0.2) is 23.9 Å². The largest absolute Gasteiger partial charge is 0.504 e. The SMILES string of the molecule is O=C(CI)NCc1c(O)c(F)cc2c(-[13c]3[13cH][13cH][13cH][13cH][13c]3C(O)=[NH+]CCNC(=O)CCCC[C@@H]3SC[C@@H]4NC(=O)N[C@@H]43)c3cc(F)c(=O)cc-3oc12. The number of rotatable bonds is 13. The molecule has 1 aliphatic carbocycles. The molecule has 0 aromatic heterocycles. The molecule has 3 aliphatic heterocycles.